The molecule has 2 aromatic heterocycles. The fourth-order valence-electron chi connectivity index (χ4n) is 3.18. The summed E-state index contributed by atoms with van der Waals surface area (Å²) in [5, 5.41) is 17.1. The van der Waals surface area contributed by atoms with Crippen molar-refractivity contribution in [1.82, 2.24) is 20.6 Å². The van der Waals surface area contributed by atoms with Gasteiger partial charge in [-0.2, -0.15) is 0 Å². The van der Waals surface area contributed by atoms with Crippen molar-refractivity contribution in [3.63, 3.8) is 0 Å². The maximum absolute atomic E-state index is 10.3. The summed E-state index contributed by atoms with van der Waals surface area (Å²) >= 11 is 0. The molecule has 2 aromatic rings. The highest BCUT2D eigenvalue weighted by atomic mass is 16.3. The molecule has 27 heavy (non-hydrogen) atoms. The van der Waals surface area contributed by atoms with Crippen LogP contribution in [0.1, 0.15) is 31.4 Å². The molecule has 3 rings (SSSR count). The first-order valence-corrected chi connectivity index (χ1v) is 9.55. The second-order valence-corrected chi connectivity index (χ2v) is 6.61. The standard InChI is InChI=1S/C20H28N6O/c1-2-22-20(24-15-18(27)16-6-11-21-12-7-16)25-17-8-13-26(14-9-17)19-5-3-4-10-23-19/h3-7,10-12,17-18,27H,2,8-9,13-15H2,1H3,(H2,22,24,25). The number of aliphatic imine (C=N–C) groups is 1. The van der Waals surface area contributed by atoms with Crippen LogP contribution in [0.15, 0.2) is 53.9 Å². The van der Waals surface area contributed by atoms with Gasteiger partial charge in [-0.25, -0.2) is 4.98 Å². The third-order valence-corrected chi connectivity index (χ3v) is 4.67. The number of guanidine groups is 1. The van der Waals surface area contributed by atoms with Crippen molar-refractivity contribution in [2.75, 3.05) is 31.1 Å². The zero-order valence-electron chi connectivity index (χ0n) is 15.8. The number of aliphatic hydroxyl groups is 1. The molecular formula is C20H28N6O. The Balaban J connectivity index is 1.52. The molecule has 0 aromatic carbocycles. The lowest BCUT2D eigenvalue weighted by molar-refractivity contribution is 0.187. The van der Waals surface area contributed by atoms with Crippen LogP contribution in [0.5, 0.6) is 0 Å². The Hall–Kier alpha value is -2.67. The van der Waals surface area contributed by atoms with E-state index in [1.54, 1.807) is 12.4 Å². The van der Waals surface area contributed by atoms with Crippen LogP contribution in [-0.2, 0) is 0 Å². The Kier molecular flexibility index (Phi) is 6.98. The van der Waals surface area contributed by atoms with Gasteiger partial charge in [0.2, 0.25) is 0 Å². The highest BCUT2D eigenvalue weighted by Crippen LogP contribution is 2.17. The molecule has 0 aliphatic carbocycles. The number of pyridine rings is 2. The number of hydrogen-bond donors (Lipinski definition) is 3. The van der Waals surface area contributed by atoms with Crippen molar-refractivity contribution < 1.29 is 5.11 Å². The minimum absolute atomic E-state index is 0.312. The van der Waals surface area contributed by atoms with Crippen molar-refractivity contribution in [2.45, 2.75) is 31.9 Å². The van der Waals surface area contributed by atoms with Crippen LogP contribution >= 0.6 is 0 Å². The topological polar surface area (TPSA) is 85.7 Å². The van der Waals surface area contributed by atoms with Crippen LogP contribution in [0.3, 0.4) is 0 Å². The third-order valence-electron chi connectivity index (χ3n) is 4.67. The molecule has 0 bridgehead atoms. The fraction of sp³-hybridized carbons (Fsp3) is 0.450. The number of hydrogen-bond acceptors (Lipinski definition) is 5. The number of nitrogens with one attached hydrogen (secondary N) is 2. The van der Waals surface area contributed by atoms with Crippen LogP contribution in [-0.4, -0.2) is 53.3 Å². The summed E-state index contributed by atoms with van der Waals surface area (Å²) < 4.78 is 0. The third kappa shape index (κ3) is 5.65. The van der Waals surface area contributed by atoms with Gasteiger partial charge in [0.15, 0.2) is 5.96 Å². The van der Waals surface area contributed by atoms with Gasteiger partial charge in [-0.15, -0.1) is 0 Å². The lowest BCUT2D eigenvalue weighted by Gasteiger charge is -2.33. The van der Waals surface area contributed by atoms with Crippen LogP contribution < -0.4 is 15.5 Å². The fourth-order valence-corrected chi connectivity index (χ4v) is 3.18. The molecular weight excluding hydrogens is 340 g/mol. The number of aliphatic hydroxyl groups excluding tert-OH is 1. The molecule has 0 saturated carbocycles. The normalized spacial score (nSPS) is 16.8. The van der Waals surface area contributed by atoms with Gasteiger partial charge in [0, 0.05) is 44.3 Å². The minimum atomic E-state index is -0.630. The SMILES string of the molecule is CCNC(=NCC(O)c1ccncc1)NC1CCN(c2ccccn2)CC1. The summed E-state index contributed by atoms with van der Waals surface area (Å²) in [5.41, 5.74) is 0.827. The van der Waals surface area contributed by atoms with Gasteiger partial charge in [0.25, 0.3) is 0 Å². The molecule has 0 spiro atoms. The van der Waals surface area contributed by atoms with Crippen molar-refractivity contribution in [1.29, 1.82) is 0 Å². The summed E-state index contributed by atoms with van der Waals surface area (Å²) in [7, 11) is 0. The van der Waals surface area contributed by atoms with Crippen LogP contribution in [0.4, 0.5) is 5.82 Å². The largest absolute Gasteiger partial charge is 0.386 e. The van der Waals surface area contributed by atoms with E-state index in [0.29, 0.717) is 12.6 Å². The second kappa shape index (κ2) is 9.87. The lowest BCUT2D eigenvalue weighted by Crippen LogP contribution is -2.49. The van der Waals surface area contributed by atoms with Crippen molar-refractivity contribution in [3.8, 4) is 0 Å². The predicted molar refractivity (Wildman–Crippen MR) is 108 cm³/mol. The van der Waals surface area contributed by atoms with E-state index in [1.807, 2.05) is 37.4 Å². The van der Waals surface area contributed by atoms with Gasteiger partial charge in [-0.05, 0) is 49.6 Å². The van der Waals surface area contributed by atoms with Gasteiger partial charge < -0.3 is 20.6 Å². The van der Waals surface area contributed by atoms with E-state index in [-0.39, 0.29) is 0 Å². The molecule has 7 nitrogen and oxygen atoms in total. The Bertz CT molecular complexity index is 701. The van der Waals surface area contributed by atoms with Gasteiger partial charge in [-0.3, -0.25) is 9.98 Å². The maximum Gasteiger partial charge on any atom is 0.191 e. The zero-order chi connectivity index (χ0) is 18.9. The Morgan fingerprint density at radius 2 is 2.00 bits per heavy atom. The second-order valence-electron chi connectivity index (χ2n) is 6.61. The molecule has 3 N–H and O–H groups in total. The lowest BCUT2D eigenvalue weighted by atomic mass is 10.1. The first-order valence-electron chi connectivity index (χ1n) is 9.55. The van der Waals surface area contributed by atoms with Gasteiger partial charge >= 0.3 is 0 Å². The Morgan fingerprint density at radius 3 is 2.67 bits per heavy atom. The number of anilines is 1. The highest BCUT2D eigenvalue weighted by Gasteiger charge is 2.20. The molecule has 1 aliphatic heterocycles. The van der Waals surface area contributed by atoms with E-state index >= 15 is 0 Å². The summed E-state index contributed by atoms with van der Waals surface area (Å²) in [4.78, 5) is 15.3. The average molecular weight is 368 g/mol. The highest BCUT2D eigenvalue weighted by molar-refractivity contribution is 5.80. The quantitative estimate of drug-likeness (QED) is 0.532. The zero-order valence-corrected chi connectivity index (χ0v) is 15.8. The molecule has 0 amide bonds. The van der Waals surface area contributed by atoms with E-state index in [1.165, 1.54) is 0 Å². The molecule has 1 saturated heterocycles. The summed E-state index contributed by atoms with van der Waals surface area (Å²) in [6.07, 6.45) is 6.61. The summed E-state index contributed by atoms with van der Waals surface area (Å²) in [6.45, 7) is 5.07. The van der Waals surface area contributed by atoms with Gasteiger partial charge in [-0.1, -0.05) is 6.07 Å². The number of piperidine rings is 1. The molecule has 1 aliphatic rings. The average Bonchev–Trinajstić information content (AvgIpc) is 2.74. The molecule has 3 heterocycles. The molecule has 0 radical (unpaired) electrons. The van der Waals surface area contributed by atoms with Crippen LogP contribution in [0.25, 0.3) is 0 Å². The number of rotatable bonds is 6. The van der Waals surface area contributed by atoms with E-state index < -0.39 is 6.10 Å². The first-order chi connectivity index (χ1) is 13.3. The van der Waals surface area contributed by atoms with Crippen LogP contribution in [0, 0.1) is 0 Å². The van der Waals surface area contributed by atoms with E-state index in [2.05, 4.69) is 36.6 Å². The van der Waals surface area contributed by atoms with E-state index in [0.717, 1.165) is 49.8 Å². The minimum Gasteiger partial charge on any atom is -0.386 e. The smallest absolute Gasteiger partial charge is 0.191 e. The van der Waals surface area contributed by atoms with Gasteiger partial charge in [0.1, 0.15) is 5.82 Å². The summed E-state index contributed by atoms with van der Waals surface area (Å²) in [5.74, 6) is 1.79. The molecule has 1 unspecified atom stereocenters. The van der Waals surface area contributed by atoms with Crippen LogP contribution in [0.2, 0.25) is 0 Å². The Morgan fingerprint density at radius 1 is 1.22 bits per heavy atom. The molecule has 144 valence electrons. The van der Waals surface area contributed by atoms with Crippen molar-refractivity contribution in [2.24, 2.45) is 4.99 Å². The number of nitrogens with zero attached hydrogens (tertiary/aromatic N) is 4. The molecule has 7 heteroatoms. The van der Waals surface area contributed by atoms with Crippen molar-refractivity contribution >= 4 is 11.8 Å². The summed E-state index contributed by atoms with van der Waals surface area (Å²) in [6, 6.07) is 10.0. The van der Waals surface area contributed by atoms with Crippen molar-refractivity contribution in [3.05, 3.63) is 54.5 Å². The number of aromatic nitrogens is 2. The maximum atomic E-state index is 10.3. The van der Waals surface area contributed by atoms with Gasteiger partial charge in [0.05, 0.1) is 12.6 Å². The monoisotopic (exact) mass is 368 g/mol. The first kappa shape index (κ1) is 19.1. The molecule has 1 atom stereocenters. The predicted octanol–water partition coefficient (Wildman–Crippen LogP) is 1.73. The van der Waals surface area contributed by atoms with E-state index in [9.17, 15) is 5.11 Å². The Labute approximate surface area is 160 Å². The van der Waals surface area contributed by atoms with E-state index in [4.69, 9.17) is 0 Å². The molecule has 1 fully saturated rings.